The van der Waals surface area contributed by atoms with Crippen molar-refractivity contribution < 1.29 is 14.4 Å². The fourth-order valence-electron chi connectivity index (χ4n) is 2.75. The maximum atomic E-state index is 10.8. The molecule has 134 valence electrons. The van der Waals surface area contributed by atoms with Gasteiger partial charge in [0.2, 0.25) is 0 Å². The minimum atomic E-state index is -0.512. The summed E-state index contributed by atoms with van der Waals surface area (Å²) in [4.78, 5) is 14.1. The highest BCUT2D eigenvalue weighted by Crippen LogP contribution is 2.25. The lowest BCUT2D eigenvalue weighted by Gasteiger charge is -2.22. The molecule has 7 nitrogen and oxygen atoms in total. The smallest absolute Gasteiger partial charge is 0.414 e. The maximum absolute atomic E-state index is 10.8. The van der Waals surface area contributed by atoms with Crippen LogP contribution in [-0.4, -0.2) is 27.2 Å². The van der Waals surface area contributed by atoms with Crippen LogP contribution in [0.5, 0.6) is 6.01 Å². The summed E-state index contributed by atoms with van der Waals surface area (Å²) in [5, 5.41) is 10.8. The third kappa shape index (κ3) is 4.17. The first-order chi connectivity index (χ1) is 11.8. The molecule has 2 heterocycles. The van der Waals surface area contributed by atoms with Gasteiger partial charge in [0, 0.05) is 17.9 Å². The topological polar surface area (TPSA) is 79.4 Å². The highest BCUT2D eigenvalue weighted by Gasteiger charge is 2.28. The van der Waals surface area contributed by atoms with Crippen molar-refractivity contribution in [2.24, 2.45) is 0 Å². The highest BCUT2D eigenvalue weighted by atomic mass is 16.6. The summed E-state index contributed by atoms with van der Waals surface area (Å²) < 4.78 is 13.1. The molecule has 0 saturated carbocycles. The van der Waals surface area contributed by atoms with E-state index in [2.05, 4.69) is 50.0 Å². The fourth-order valence-corrected chi connectivity index (χ4v) is 2.75. The van der Waals surface area contributed by atoms with Gasteiger partial charge in [-0.15, -0.1) is 0 Å². The summed E-state index contributed by atoms with van der Waals surface area (Å²) in [6.45, 7) is 8.15. The standard InChI is InChI=1S/C18H23N3O4/c1-18(2,3)14-6-4-13(5-7-14)11-24-12-15-8-9-20-10-16(21(22)23)19-17(20)25-15/h4-7,10,15H,8-9,11-12H2,1-3H3/t15-/m1/s1. The Morgan fingerprint density at radius 2 is 2.08 bits per heavy atom. The number of nitrogens with zero attached hydrogens (tertiary/aromatic N) is 3. The number of aromatic nitrogens is 2. The monoisotopic (exact) mass is 345 g/mol. The molecule has 2 aromatic rings. The molecular weight excluding hydrogens is 322 g/mol. The number of hydrogen-bond acceptors (Lipinski definition) is 5. The van der Waals surface area contributed by atoms with Crippen LogP contribution in [0.1, 0.15) is 38.3 Å². The molecule has 1 aliphatic heterocycles. The molecule has 0 saturated heterocycles. The molecule has 0 aliphatic carbocycles. The molecule has 1 atom stereocenters. The molecule has 0 amide bonds. The van der Waals surface area contributed by atoms with Crippen molar-refractivity contribution in [3.63, 3.8) is 0 Å². The van der Waals surface area contributed by atoms with Crippen LogP contribution in [0.4, 0.5) is 5.82 Å². The Hall–Kier alpha value is -2.41. The first-order valence-electron chi connectivity index (χ1n) is 8.38. The van der Waals surface area contributed by atoms with Gasteiger partial charge >= 0.3 is 11.8 Å². The summed E-state index contributed by atoms with van der Waals surface area (Å²) in [6, 6.07) is 8.72. The Kier molecular flexibility index (Phi) is 4.76. The summed E-state index contributed by atoms with van der Waals surface area (Å²) in [5.74, 6) is -0.185. The predicted octanol–water partition coefficient (Wildman–Crippen LogP) is 3.46. The summed E-state index contributed by atoms with van der Waals surface area (Å²) in [6.07, 6.45) is 2.01. The number of aryl methyl sites for hydroxylation is 1. The van der Waals surface area contributed by atoms with E-state index in [-0.39, 0.29) is 17.3 Å². The first-order valence-corrected chi connectivity index (χ1v) is 8.38. The van der Waals surface area contributed by atoms with Crippen LogP contribution in [-0.2, 0) is 23.3 Å². The lowest BCUT2D eigenvalue weighted by molar-refractivity contribution is -0.389. The summed E-state index contributed by atoms with van der Waals surface area (Å²) in [5.41, 5.74) is 2.54. The zero-order valence-electron chi connectivity index (χ0n) is 14.8. The van der Waals surface area contributed by atoms with Gasteiger partial charge in [-0.05, 0) is 21.5 Å². The number of rotatable bonds is 5. The Balaban J connectivity index is 1.50. The highest BCUT2D eigenvalue weighted by molar-refractivity contribution is 5.27. The zero-order valence-corrected chi connectivity index (χ0v) is 14.8. The van der Waals surface area contributed by atoms with Crippen LogP contribution < -0.4 is 4.74 Å². The van der Waals surface area contributed by atoms with Crippen molar-refractivity contribution in [1.82, 2.24) is 9.55 Å². The molecule has 0 spiro atoms. The number of benzene rings is 1. The van der Waals surface area contributed by atoms with Gasteiger partial charge in [-0.25, -0.2) is 0 Å². The Labute approximate surface area is 146 Å². The fraction of sp³-hybridized carbons (Fsp3) is 0.500. The van der Waals surface area contributed by atoms with Gasteiger partial charge in [0.15, 0.2) is 0 Å². The second-order valence-electron chi connectivity index (χ2n) is 7.32. The quantitative estimate of drug-likeness (QED) is 0.612. The van der Waals surface area contributed by atoms with E-state index in [1.807, 2.05) is 0 Å². The summed E-state index contributed by atoms with van der Waals surface area (Å²) >= 11 is 0. The van der Waals surface area contributed by atoms with E-state index in [0.29, 0.717) is 25.8 Å². The van der Waals surface area contributed by atoms with Gasteiger partial charge in [0.1, 0.15) is 12.3 Å². The molecule has 0 radical (unpaired) electrons. The van der Waals surface area contributed by atoms with Crippen molar-refractivity contribution in [2.45, 2.75) is 51.9 Å². The zero-order chi connectivity index (χ0) is 18.0. The molecular formula is C18H23N3O4. The molecule has 1 aliphatic rings. The third-order valence-electron chi connectivity index (χ3n) is 4.27. The second-order valence-corrected chi connectivity index (χ2v) is 7.32. The molecule has 0 bridgehead atoms. The minimum absolute atomic E-state index is 0.136. The SMILES string of the molecule is CC(C)(C)c1ccc(COC[C@H]2CCn3cc([N+](=O)[O-])nc3O2)cc1. The van der Waals surface area contributed by atoms with Crippen LogP contribution in [0, 0.1) is 10.1 Å². The van der Waals surface area contributed by atoms with Gasteiger partial charge < -0.3 is 19.6 Å². The predicted molar refractivity (Wildman–Crippen MR) is 92.7 cm³/mol. The molecule has 1 aromatic carbocycles. The second kappa shape index (κ2) is 6.84. The summed E-state index contributed by atoms with van der Waals surface area (Å²) in [7, 11) is 0. The van der Waals surface area contributed by atoms with Crippen molar-refractivity contribution in [1.29, 1.82) is 0 Å². The van der Waals surface area contributed by atoms with Crippen LogP contribution in [0.2, 0.25) is 0 Å². The van der Waals surface area contributed by atoms with Crippen LogP contribution in [0.15, 0.2) is 30.5 Å². The van der Waals surface area contributed by atoms with Gasteiger partial charge in [-0.2, -0.15) is 0 Å². The van der Waals surface area contributed by atoms with Gasteiger partial charge in [-0.1, -0.05) is 45.0 Å². The Bertz CT molecular complexity index is 747. The lowest BCUT2D eigenvalue weighted by atomic mass is 9.87. The van der Waals surface area contributed by atoms with E-state index in [1.54, 1.807) is 4.57 Å². The van der Waals surface area contributed by atoms with E-state index >= 15 is 0 Å². The van der Waals surface area contributed by atoms with Gasteiger partial charge in [-0.3, -0.25) is 4.57 Å². The average molecular weight is 345 g/mol. The van der Waals surface area contributed by atoms with Gasteiger partial charge in [0.05, 0.1) is 13.2 Å². The minimum Gasteiger partial charge on any atom is -0.440 e. The molecule has 0 N–H and O–H groups in total. The average Bonchev–Trinajstić information content (AvgIpc) is 2.98. The van der Waals surface area contributed by atoms with E-state index < -0.39 is 4.92 Å². The maximum Gasteiger partial charge on any atom is 0.414 e. The largest absolute Gasteiger partial charge is 0.440 e. The number of nitro groups is 1. The van der Waals surface area contributed by atoms with Crippen LogP contribution in [0.25, 0.3) is 0 Å². The van der Waals surface area contributed by atoms with Crippen molar-refractivity contribution in [3.8, 4) is 6.01 Å². The van der Waals surface area contributed by atoms with Crippen LogP contribution in [0.3, 0.4) is 0 Å². The Morgan fingerprint density at radius 1 is 1.36 bits per heavy atom. The number of ether oxygens (including phenoxy) is 2. The first kappa shape index (κ1) is 17.4. The van der Waals surface area contributed by atoms with Crippen LogP contribution >= 0.6 is 0 Å². The van der Waals surface area contributed by atoms with E-state index in [1.165, 1.54) is 11.8 Å². The number of hydrogen-bond donors (Lipinski definition) is 0. The van der Waals surface area contributed by atoms with Crippen molar-refractivity contribution in [3.05, 3.63) is 51.7 Å². The van der Waals surface area contributed by atoms with E-state index in [9.17, 15) is 10.1 Å². The van der Waals surface area contributed by atoms with E-state index in [4.69, 9.17) is 9.47 Å². The normalized spacial score (nSPS) is 17.0. The molecule has 0 fully saturated rings. The number of fused-ring (bicyclic) bond motifs is 1. The van der Waals surface area contributed by atoms with Gasteiger partial charge in [0.25, 0.3) is 0 Å². The Morgan fingerprint density at radius 3 is 2.72 bits per heavy atom. The molecule has 25 heavy (non-hydrogen) atoms. The van der Waals surface area contributed by atoms with Crippen molar-refractivity contribution in [2.75, 3.05) is 6.61 Å². The molecule has 1 aromatic heterocycles. The van der Waals surface area contributed by atoms with Crippen molar-refractivity contribution >= 4 is 5.82 Å². The molecule has 7 heteroatoms. The molecule has 0 unspecified atom stereocenters. The lowest BCUT2D eigenvalue weighted by Crippen LogP contribution is -2.30. The van der Waals surface area contributed by atoms with E-state index in [0.717, 1.165) is 12.0 Å². The number of imidazole rings is 1. The molecule has 3 rings (SSSR count). The third-order valence-corrected chi connectivity index (χ3v) is 4.27.